The molecule has 0 aliphatic heterocycles. The molecule has 0 aliphatic rings. The molecular weight excluding hydrogens is 218 g/mol. The summed E-state index contributed by atoms with van der Waals surface area (Å²) in [5.41, 5.74) is 3.52. The van der Waals surface area contributed by atoms with E-state index in [1.165, 1.54) is 0 Å². The van der Waals surface area contributed by atoms with Gasteiger partial charge in [-0.05, 0) is 31.9 Å². The van der Waals surface area contributed by atoms with Gasteiger partial charge in [0.2, 0.25) is 0 Å². The van der Waals surface area contributed by atoms with Gasteiger partial charge >= 0.3 is 0 Å². The molecule has 0 fully saturated rings. The molecule has 1 heterocycles. The molecule has 17 heavy (non-hydrogen) atoms. The second kappa shape index (κ2) is 5.95. The van der Waals surface area contributed by atoms with Crippen molar-refractivity contribution < 1.29 is 9.47 Å². The first-order valence-corrected chi connectivity index (χ1v) is 5.52. The molecule has 1 aromatic rings. The van der Waals surface area contributed by atoms with Gasteiger partial charge in [0, 0.05) is 13.3 Å². The summed E-state index contributed by atoms with van der Waals surface area (Å²) in [6.45, 7) is 4.04. The minimum atomic E-state index is -0.250. The van der Waals surface area contributed by atoms with E-state index < -0.39 is 0 Å². The average molecular weight is 239 g/mol. The van der Waals surface area contributed by atoms with Crippen LogP contribution in [0.5, 0.6) is 5.75 Å². The average Bonchev–Trinajstić information content (AvgIpc) is 2.36. The highest BCUT2D eigenvalue weighted by Crippen LogP contribution is 2.26. The van der Waals surface area contributed by atoms with Crippen LogP contribution >= 0.6 is 0 Å². The van der Waals surface area contributed by atoms with Crippen molar-refractivity contribution in [1.29, 1.82) is 0 Å². The minimum absolute atomic E-state index is 0.0208. The molecule has 96 valence electrons. The Morgan fingerprint density at radius 1 is 1.41 bits per heavy atom. The molecule has 0 bridgehead atoms. The molecule has 5 heteroatoms. The first-order chi connectivity index (χ1) is 8.02. The lowest BCUT2D eigenvalue weighted by Crippen LogP contribution is -2.35. The van der Waals surface area contributed by atoms with E-state index in [-0.39, 0.29) is 11.6 Å². The van der Waals surface area contributed by atoms with Crippen molar-refractivity contribution in [2.24, 2.45) is 5.84 Å². The van der Waals surface area contributed by atoms with Crippen LogP contribution in [0, 0.1) is 0 Å². The van der Waals surface area contributed by atoms with Gasteiger partial charge < -0.3 is 9.47 Å². The van der Waals surface area contributed by atoms with Crippen LogP contribution in [-0.2, 0) is 4.74 Å². The Bertz CT molecular complexity index is 355. The fourth-order valence-corrected chi connectivity index (χ4v) is 1.59. The Hall–Kier alpha value is -1.17. The third-order valence-corrected chi connectivity index (χ3v) is 2.82. The van der Waals surface area contributed by atoms with E-state index in [0.29, 0.717) is 0 Å². The number of nitrogens with one attached hydrogen (secondary N) is 1. The monoisotopic (exact) mass is 239 g/mol. The summed E-state index contributed by atoms with van der Waals surface area (Å²) in [7, 11) is 3.31. The van der Waals surface area contributed by atoms with Crippen LogP contribution in [0.2, 0.25) is 0 Å². The van der Waals surface area contributed by atoms with Crippen molar-refractivity contribution in [3.8, 4) is 5.75 Å². The van der Waals surface area contributed by atoms with Crippen LogP contribution in [0.1, 0.15) is 31.9 Å². The standard InChI is InChI=1S/C12H21N3O2/c1-12(2,17-4)6-11(15-13)9-5-10(16-3)8-14-7-9/h5,7-8,11,15H,6,13H2,1-4H3. The molecule has 1 aromatic heterocycles. The largest absolute Gasteiger partial charge is 0.495 e. The van der Waals surface area contributed by atoms with Gasteiger partial charge in [0.05, 0.1) is 24.9 Å². The van der Waals surface area contributed by atoms with Crippen LogP contribution in [0.3, 0.4) is 0 Å². The first kappa shape index (κ1) is 13.9. The van der Waals surface area contributed by atoms with Crippen molar-refractivity contribution in [1.82, 2.24) is 10.4 Å². The Morgan fingerprint density at radius 3 is 2.65 bits per heavy atom. The third-order valence-electron chi connectivity index (χ3n) is 2.82. The van der Waals surface area contributed by atoms with Crippen LogP contribution in [0.15, 0.2) is 18.5 Å². The van der Waals surface area contributed by atoms with Crippen molar-refractivity contribution in [2.45, 2.75) is 31.9 Å². The Kier molecular flexibility index (Phi) is 4.86. The van der Waals surface area contributed by atoms with Crippen molar-refractivity contribution in [3.63, 3.8) is 0 Å². The number of hydrogen-bond acceptors (Lipinski definition) is 5. The van der Waals surface area contributed by atoms with Gasteiger partial charge in [0.1, 0.15) is 5.75 Å². The van der Waals surface area contributed by atoms with E-state index in [1.807, 2.05) is 19.9 Å². The summed E-state index contributed by atoms with van der Waals surface area (Å²) < 4.78 is 10.5. The summed E-state index contributed by atoms with van der Waals surface area (Å²) in [5.74, 6) is 6.30. The van der Waals surface area contributed by atoms with Gasteiger partial charge in [-0.2, -0.15) is 0 Å². The molecule has 1 unspecified atom stereocenters. The Balaban J connectivity index is 2.86. The highest BCUT2D eigenvalue weighted by Gasteiger charge is 2.23. The minimum Gasteiger partial charge on any atom is -0.495 e. The maximum absolute atomic E-state index is 5.58. The van der Waals surface area contributed by atoms with Gasteiger partial charge in [0.15, 0.2) is 0 Å². The molecule has 0 radical (unpaired) electrons. The molecule has 0 amide bonds. The van der Waals surface area contributed by atoms with Crippen molar-refractivity contribution >= 4 is 0 Å². The predicted octanol–water partition coefficient (Wildman–Crippen LogP) is 1.41. The van der Waals surface area contributed by atoms with Gasteiger partial charge in [-0.15, -0.1) is 0 Å². The zero-order valence-corrected chi connectivity index (χ0v) is 10.9. The highest BCUT2D eigenvalue weighted by atomic mass is 16.5. The fourth-order valence-electron chi connectivity index (χ4n) is 1.59. The summed E-state index contributed by atoms with van der Waals surface area (Å²) in [6.07, 6.45) is 4.19. The van der Waals surface area contributed by atoms with Crippen molar-refractivity contribution in [3.05, 3.63) is 24.0 Å². The number of hydrogen-bond donors (Lipinski definition) is 2. The lowest BCUT2D eigenvalue weighted by molar-refractivity contribution is 0.00677. The lowest BCUT2D eigenvalue weighted by atomic mass is 9.95. The number of nitrogens with two attached hydrogens (primary N) is 1. The summed E-state index contributed by atoms with van der Waals surface area (Å²) in [6, 6.07) is 1.90. The van der Waals surface area contributed by atoms with E-state index in [0.717, 1.165) is 17.7 Å². The molecule has 0 saturated carbocycles. The first-order valence-electron chi connectivity index (χ1n) is 5.52. The quantitative estimate of drug-likeness (QED) is 0.580. The number of hydrazine groups is 1. The molecule has 5 nitrogen and oxygen atoms in total. The Morgan fingerprint density at radius 2 is 2.12 bits per heavy atom. The molecule has 1 atom stereocenters. The molecule has 3 N–H and O–H groups in total. The van der Waals surface area contributed by atoms with Crippen LogP contribution in [0.25, 0.3) is 0 Å². The summed E-state index contributed by atoms with van der Waals surface area (Å²) in [5, 5.41) is 0. The molecule has 0 aromatic carbocycles. The van der Waals surface area contributed by atoms with Gasteiger partial charge in [-0.1, -0.05) is 0 Å². The molecule has 1 rings (SSSR count). The number of rotatable bonds is 6. The summed E-state index contributed by atoms with van der Waals surface area (Å²) >= 11 is 0. The fraction of sp³-hybridized carbons (Fsp3) is 0.583. The van der Waals surface area contributed by atoms with Gasteiger partial charge in [0.25, 0.3) is 0 Å². The molecular formula is C12H21N3O2. The molecule has 0 aliphatic carbocycles. The number of nitrogens with zero attached hydrogens (tertiary/aromatic N) is 1. The van der Waals surface area contributed by atoms with Crippen LogP contribution < -0.4 is 16.0 Å². The zero-order valence-electron chi connectivity index (χ0n) is 10.9. The topological polar surface area (TPSA) is 69.4 Å². The Labute approximate surface area is 102 Å². The predicted molar refractivity (Wildman–Crippen MR) is 66.6 cm³/mol. The van der Waals surface area contributed by atoms with E-state index >= 15 is 0 Å². The number of pyridine rings is 1. The van der Waals surface area contributed by atoms with Gasteiger partial charge in [-0.3, -0.25) is 16.3 Å². The number of aromatic nitrogens is 1. The highest BCUT2D eigenvalue weighted by molar-refractivity contribution is 5.26. The van der Waals surface area contributed by atoms with Gasteiger partial charge in [-0.25, -0.2) is 0 Å². The number of ether oxygens (including phenoxy) is 2. The lowest BCUT2D eigenvalue weighted by Gasteiger charge is -2.28. The van der Waals surface area contributed by atoms with E-state index in [1.54, 1.807) is 26.6 Å². The SMILES string of the molecule is COc1cncc(C(CC(C)(C)OC)NN)c1. The van der Waals surface area contributed by atoms with E-state index in [9.17, 15) is 0 Å². The third kappa shape index (κ3) is 3.96. The summed E-state index contributed by atoms with van der Waals surface area (Å²) in [4.78, 5) is 4.12. The maximum Gasteiger partial charge on any atom is 0.137 e. The maximum atomic E-state index is 5.58. The van der Waals surface area contributed by atoms with Crippen molar-refractivity contribution in [2.75, 3.05) is 14.2 Å². The van der Waals surface area contributed by atoms with E-state index in [4.69, 9.17) is 15.3 Å². The second-order valence-electron chi connectivity index (χ2n) is 4.55. The zero-order chi connectivity index (χ0) is 12.9. The second-order valence-corrected chi connectivity index (χ2v) is 4.55. The van der Waals surface area contributed by atoms with Crippen LogP contribution in [-0.4, -0.2) is 24.8 Å². The van der Waals surface area contributed by atoms with E-state index in [2.05, 4.69) is 10.4 Å². The smallest absolute Gasteiger partial charge is 0.137 e. The van der Waals surface area contributed by atoms with Crippen LogP contribution in [0.4, 0.5) is 0 Å². The normalized spacial score (nSPS) is 13.5. The number of methoxy groups -OCH3 is 2. The molecule has 0 saturated heterocycles. The molecule has 0 spiro atoms.